The molecule has 1 N–H and O–H groups in total. The second-order valence-corrected chi connectivity index (χ2v) is 5.75. The molecular weight excluding hydrogens is 227 g/mol. The Morgan fingerprint density at radius 1 is 1.06 bits per heavy atom. The fraction of sp³-hybridized carbons (Fsp3) is 1.00. The molecule has 0 aromatic carbocycles. The van der Waals surface area contributed by atoms with Crippen LogP contribution in [0.3, 0.4) is 0 Å². The van der Waals surface area contributed by atoms with Crippen molar-refractivity contribution in [2.75, 3.05) is 0 Å². The van der Waals surface area contributed by atoms with Crippen LogP contribution in [0.2, 0.25) is 0 Å². The lowest BCUT2D eigenvalue weighted by Crippen LogP contribution is -2.46. The Balaban J connectivity index is 1.80. The summed E-state index contributed by atoms with van der Waals surface area (Å²) in [5.74, 6) is -0.386. The van der Waals surface area contributed by atoms with Gasteiger partial charge in [-0.1, -0.05) is 12.8 Å². The fourth-order valence-corrected chi connectivity index (χ4v) is 3.09. The largest absolute Gasteiger partial charge is 0.391 e. The van der Waals surface area contributed by atoms with E-state index >= 15 is 0 Å². The molecule has 0 saturated heterocycles. The third kappa shape index (κ3) is 3.36. The van der Waals surface area contributed by atoms with Crippen molar-refractivity contribution >= 4 is 0 Å². The second kappa shape index (κ2) is 5.17. The maximum atomic E-state index is 12.7. The van der Waals surface area contributed by atoms with Crippen molar-refractivity contribution in [1.29, 1.82) is 0 Å². The van der Waals surface area contributed by atoms with Gasteiger partial charge in [0, 0.05) is 12.1 Å². The van der Waals surface area contributed by atoms with Crippen LogP contribution in [0.5, 0.6) is 0 Å². The predicted molar refractivity (Wildman–Crippen MR) is 61.7 cm³/mol. The van der Waals surface area contributed by atoms with Crippen molar-refractivity contribution in [3.8, 4) is 0 Å². The summed E-state index contributed by atoms with van der Waals surface area (Å²) in [5, 5.41) is 3.42. The molecule has 3 atom stereocenters. The van der Waals surface area contributed by atoms with Crippen LogP contribution in [0.15, 0.2) is 0 Å². The summed E-state index contributed by atoms with van der Waals surface area (Å²) in [6, 6.07) is 0.465. The van der Waals surface area contributed by atoms with Crippen LogP contribution >= 0.6 is 0 Å². The minimum Gasteiger partial charge on any atom is -0.311 e. The second-order valence-electron chi connectivity index (χ2n) is 5.75. The average Bonchev–Trinajstić information content (AvgIpc) is 2.13. The molecule has 4 heteroatoms. The van der Waals surface area contributed by atoms with Crippen LogP contribution in [-0.2, 0) is 0 Å². The first kappa shape index (κ1) is 13.2. The van der Waals surface area contributed by atoms with Gasteiger partial charge in [-0.05, 0) is 44.9 Å². The monoisotopic (exact) mass is 249 g/mol. The molecule has 0 aliphatic heterocycles. The Labute approximate surface area is 101 Å². The lowest BCUT2D eigenvalue weighted by molar-refractivity contribution is -0.184. The Morgan fingerprint density at radius 2 is 1.71 bits per heavy atom. The summed E-state index contributed by atoms with van der Waals surface area (Å²) < 4.78 is 38.0. The zero-order chi connectivity index (χ0) is 12.5. The van der Waals surface area contributed by atoms with Crippen LogP contribution in [0, 0.1) is 11.8 Å². The molecule has 2 aliphatic rings. The fourth-order valence-electron chi connectivity index (χ4n) is 3.09. The van der Waals surface area contributed by atoms with E-state index in [1.807, 2.05) is 0 Å². The van der Waals surface area contributed by atoms with Crippen molar-refractivity contribution in [3.63, 3.8) is 0 Å². The first-order valence-corrected chi connectivity index (χ1v) is 6.79. The molecular formula is C13H22F3N. The summed E-state index contributed by atoms with van der Waals surface area (Å²) in [4.78, 5) is 0. The zero-order valence-corrected chi connectivity index (χ0v) is 10.4. The van der Waals surface area contributed by atoms with Crippen molar-refractivity contribution in [2.24, 2.45) is 11.8 Å². The highest BCUT2D eigenvalue weighted by molar-refractivity contribution is 4.86. The quantitative estimate of drug-likeness (QED) is 0.800. The predicted octanol–water partition coefficient (Wildman–Crippen LogP) is 3.89. The van der Waals surface area contributed by atoms with Gasteiger partial charge in [-0.2, -0.15) is 13.2 Å². The lowest BCUT2D eigenvalue weighted by atomic mass is 9.79. The van der Waals surface area contributed by atoms with Gasteiger partial charge in [0.25, 0.3) is 0 Å². The van der Waals surface area contributed by atoms with Crippen LogP contribution in [-0.4, -0.2) is 18.3 Å². The van der Waals surface area contributed by atoms with Crippen LogP contribution in [0.4, 0.5) is 13.2 Å². The maximum absolute atomic E-state index is 12.7. The first-order chi connectivity index (χ1) is 7.97. The molecule has 0 aromatic rings. The molecule has 2 rings (SSSR count). The van der Waals surface area contributed by atoms with E-state index in [1.165, 1.54) is 19.3 Å². The summed E-state index contributed by atoms with van der Waals surface area (Å²) >= 11 is 0. The Morgan fingerprint density at radius 3 is 2.24 bits per heavy atom. The molecule has 0 bridgehead atoms. The number of hydrogen-bond donors (Lipinski definition) is 1. The van der Waals surface area contributed by atoms with Gasteiger partial charge in [-0.25, -0.2) is 0 Å². The zero-order valence-electron chi connectivity index (χ0n) is 10.4. The van der Waals surface area contributed by atoms with E-state index in [2.05, 4.69) is 12.2 Å². The van der Waals surface area contributed by atoms with Crippen molar-refractivity contribution in [3.05, 3.63) is 0 Å². The number of rotatable bonds is 3. The highest BCUT2D eigenvalue weighted by Gasteiger charge is 2.42. The minimum atomic E-state index is -4.00. The topological polar surface area (TPSA) is 12.0 Å². The van der Waals surface area contributed by atoms with E-state index in [1.54, 1.807) is 0 Å². The third-order valence-corrected chi connectivity index (χ3v) is 4.49. The van der Waals surface area contributed by atoms with E-state index in [-0.39, 0.29) is 12.5 Å². The van der Waals surface area contributed by atoms with Crippen LogP contribution in [0.1, 0.15) is 51.9 Å². The molecule has 100 valence electrons. The molecule has 0 heterocycles. The smallest absolute Gasteiger partial charge is 0.311 e. The number of alkyl halides is 3. The van der Waals surface area contributed by atoms with Gasteiger partial charge in [-0.3, -0.25) is 0 Å². The SMILES string of the molecule is CC(NC1CCCC(C(F)(F)F)C1)C1CCC1. The molecule has 17 heavy (non-hydrogen) atoms. The Bertz CT molecular complexity index is 248. The van der Waals surface area contributed by atoms with Crippen molar-refractivity contribution < 1.29 is 13.2 Å². The summed E-state index contributed by atoms with van der Waals surface area (Å²) in [6.45, 7) is 2.13. The van der Waals surface area contributed by atoms with Crippen molar-refractivity contribution in [2.45, 2.75) is 70.1 Å². The van der Waals surface area contributed by atoms with E-state index < -0.39 is 12.1 Å². The first-order valence-electron chi connectivity index (χ1n) is 6.79. The Kier molecular flexibility index (Phi) is 4.01. The Hall–Kier alpha value is -0.250. The molecule has 0 spiro atoms. The molecule has 3 unspecified atom stereocenters. The maximum Gasteiger partial charge on any atom is 0.391 e. The van der Waals surface area contributed by atoms with Gasteiger partial charge < -0.3 is 5.32 Å². The number of nitrogens with one attached hydrogen (secondary N) is 1. The van der Waals surface area contributed by atoms with E-state index in [0.29, 0.717) is 24.8 Å². The summed E-state index contributed by atoms with van der Waals surface area (Å²) in [5.41, 5.74) is 0. The number of hydrogen-bond acceptors (Lipinski definition) is 1. The summed E-state index contributed by atoms with van der Waals surface area (Å²) in [7, 11) is 0. The third-order valence-electron chi connectivity index (χ3n) is 4.49. The molecule has 0 radical (unpaired) electrons. The molecule has 0 aromatic heterocycles. The van der Waals surface area contributed by atoms with E-state index in [4.69, 9.17) is 0 Å². The summed E-state index contributed by atoms with van der Waals surface area (Å²) in [6.07, 6.45) is 1.97. The van der Waals surface area contributed by atoms with E-state index in [9.17, 15) is 13.2 Å². The molecule has 2 aliphatic carbocycles. The highest BCUT2D eigenvalue weighted by atomic mass is 19.4. The molecule has 2 fully saturated rings. The van der Waals surface area contributed by atoms with Crippen molar-refractivity contribution in [1.82, 2.24) is 5.32 Å². The van der Waals surface area contributed by atoms with Crippen LogP contribution < -0.4 is 5.32 Å². The molecule has 2 saturated carbocycles. The minimum absolute atomic E-state index is 0.0750. The van der Waals surface area contributed by atoms with Gasteiger partial charge in [0.05, 0.1) is 5.92 Å². The molecule has 1 nitrogen and oxygen atoms in total. The van der Waals surface area contributed by atoms with Gasteiger partial charge in [0.1, 0.15) is 0 Å². The van der Waals surface area contributed by atoms with Gasteiger partial charge in [0.2, 0.25) is 0 Å². The van der Waals surface area contributed by atoms with Gasteiger partial charge in [0.15, 0.2) is 0 Å². The van der Waals surface area contributed by atoms with Gasteiger partial charge in [-0.15, -0.1) is 0 Å². The van der Waals surface area contributed by atoms with Crippen LogP contribution in [0.25, 0.3) is 0 Å². The van der Waals surface area contributed by atoms with Gasteiger partial charge >= 0.3 is 6.18 Å². The number of halogens is 3. The lowest BCUT2D eigenvalue weighted by Gasteiger charge is -2.37. The molecule has 0 amide bonds. The normalized spacial score (nSPS) is 33.2. The highest BCUT2D eigenvalue weighted by Crippen LogP contribution is 2.38. The standard InChI is InChI=1S/C13H22F3N/c1-9(10-4-2-5-10)17-12-7-3-6-11(8-12)13(14,15)16/h9-12,17H,2-8H2,1H3. The van der Waals surface area contributed by atoms with E-state index in [0.717, 1.165) is 6.42 Å². The average molecular weight is 249 g/mol.